The molecule has 2 aromatic rings. The number of carbonyl (C=O) groups excluding carboxylic acids is 1. The standard InChI is InChI=1S/C14H16N2O6S/c1-3-23(20,21)16(2)8-13(17)15-10-4-5-11-9(6-10)7-12(22-11)14(18)19/h4-7H,3,8H2,1-2H3,(H,15,17)(H,18,19). The maximum Gasteiger partial charge on any atom is 0.371 e. The Bertz CT molecular complexity index is 855. The molecule has 9 heteroatoms. The molecule has 0 aliphatic carbocycles. The third-order valence-corrected chi connectivity index (χ3v) is 5.03. The van der Waals surface area contributed by atoms with Gasteiger partial charge < -0.3 is 14.8 Å². The molecule has 2 N–H and O–H groups in total. The van der Waals surface area contributed by atoms with Crippen LogP contribution in [0, 0.1) is 0 Å². The van der Waals surface area contributed by atoms with E-state index < -0.39 is 21.9 Å². The summed E-state index contributed by atoms with van der Waals surface area (Å²) in [6.07, 6.45) is 0. The van der Waals surface area contributed by atoms with Gasteiger partial charge in [-0.25, -0.2) is 13.2 Å². The molecule has 2 rings (SSSR count). The molecule has 0 aliphatic rings. The third-order valence-electron chi connectivity index (χ3n) is 3.22. The molecule has 1 aromatic heterocycles. The monoisotopic (exact) mass is 340 g/mol. The molecule has 0 unspecified atom stereocenters. The van der Waals surface area contributed by atoms with Crippen LogP contribution in [0.15, 0.2) is 28.7 Å². The number of aromatic carboxylic acids is 1. The van der Waals surface area contributed by atoms with E-state index in [1.807, 2.05) is 0 Å². The van der Waals surface area contributed by atoms with Gasteiger partial charge in [0.2, 0.25) is 21.7 Å². The van der Waals surface area contributed by atoms with Gasteiger partial charge in [0.05, 0.1) is 12.3 Å². The van der Waals surface area contributed by atoms with Crippen LogP contribution in [0.1, 0.15) is 17.5 Å². The molecule has 0 saturated carbocycles. The summed E-state index contributed by atoms with van der Waals surface area (Å²) < 4.78 is 29.3. The number of likely N-dealkylation sites (N-methyl/N-ethyl adjacent to an activating group) is 1. The van der Waals surface area contributed by atoms with Gasteiger partial charge in [0, 0.05) is 18.1 Å². The van der Waals surface area contributed by atoms with Crippen LogP contribution in [0.25, 0.3) is 11.0 Å². The summed E-state index contributed by atoms with van der Waals surface area (Å²) in [7, 11) is -2.10. The lowest BCUT2D eigenvalue weighted by molar-refractivity contribution is -0.116. The van der Waals surface area contributed by atoms with Crippen LogP contribution < -0.4 is 5.32 Å². The highest BCUT2D eigenvalue weighted by Crippen LogP contribution is 2.23. The molecule has 0 fully saturated rings. The fraction of sp³-hybridized carbons (Fsp3) is 0.286. The number of furan rings is 1. The molecule has 124 valence electrons. The summed E-state index contributed by atoms with van der Waals surface area (Å²) in [6, 6.07) is 5.98. The molecule has 0 saturated heterocycles. The van der Waals surface area contributed by atoms with Gasteiger partial charge in [0.15, 0.2) is 0 Å². The Balaban J connectivity index is 2.12. The fourth-order valence-corrected chi connectivity index (χ4v) is 2.70. The largest absolute Gasteiger partial charge is 0.475 e. The summed E-state index contributed by atoms with van der Waals surface area (Å²) in [5, 5.41) is 12.0. The molecule has 1 aromatic carbocycles. The lowest BCUT2D eigenvalue weighted by Gasteiger charge is -2.15. The van der Waals surface area contributed by atoms with Crippen molar-refractivity contribution < 1.29 is 27.5 Å². The molecule has 1 heterocycles. The molecule has 0 aliphatic heterocycles. The smallest absolute Gasteiger partial charge is 0.371 e. The molecule has 23 heavy (non-hydrogen) atoms. The van der Waals surface area contributed by atoms with E-state index in [2.05, 4.69) is 5.32 Å². The fourth-order valence-electron chi connectivity index (χ4n) is 1.95. The summed E-state index contributed by atoms with van der Waals surface area (Å²) in [6.45, 7) is 1.19. The number of benzene rings is 1. The van der Waals surface area contributed by atoms with Gasteiger partial charge in [-0.05, 0) is 31.2 Å². The van der Waals surface area contributed by atoms with Crippen molar-refractivity contribution in [3.63, 3.8) is 0 Å². The predicted octanol–water partition coefficient (Wildman–Crippen LogP) is 1.35. The summed E-state index contributed by atoms with van der Waals surface area (Å²) in [5.41, 5.74) is 0.800. The van der Waals surface area contributed by atoms with Gasteiger partial charge in [-0.1, -0.05) is 0 Å². The molecule has 0 atom stereocenters. The molecule has 8 nitrogen and oxygen atoms in total. The first-order valence-electron chi connectivity index (χ1n) is 6.73. The molecular weight excluding hydrogens is 324 g/mol. The van der Waals surface area contributed by atoms with E-state index in [0.29, 0.717) is 16.7 Å². The highest BCUT2D eigenvalue weighted by Gasteiger charge is 2.18. The number of nitrogens with zero attached hydrogens (tertiary/aromatic N) is 1. The van der Waals surface area contributed by atoms with Crippen LogP contribution in [0.4, 0.5) is 5.69 Å². The number of carbonyl (C=O) groups is 2. The molecule has 1 amide bonds. The Morgan fingerprint density at radius 2 is 2.00 bits per heavy atom. The van der Waals surface area contributed by atoms with Crippen LogP contribution in [-0.4, -0.2) is 49.1 Å². The van der Waals surface area contributed by atoms with Gasteiger partial charge in [0.25, 0.3) is 0 Å². The van der Waals surface area contributed by atoms with Gasteiger partial charge in [-0.2, -0.15) is 4.31 Å². The summed E-state index contributed by atoms with van der Waals surface area (Å²) >= 11 is 0. The number of amides is 1. The van der Waals surface area contributed by atoms with Crippen LogP contribution in [0.2, 0.25) is 0 Å². The van der Waals surface area contributed by atoms with Gasteiger partial charge in [-0.3, -0.25) is 4.79 Å². The Kier molecular flexibility index (Phi) is 4.71. The zero-order valence-corrected chi connectivity index (χ0v) is 13.4. The summed E-state index contributed by atoms with van der Waals surface area (Å²) in [5.74, 6) is -1.96. The topological polar surface area (TPSA) is 117 Å². The number of hydrogen-bond acceptors (Lipinski definition) is 5. The minimum absolute atomic E-state index is 0.0876. The second-order valence-corrected chi connectivity index (χ2v) is 7.24. The van der Waals surface area contributed by atoms with Crippen molar-refractivity contribution >= 4 is 38.6 Å². The Morgan fingerprint density at radius 3 is 2.61 bits per heavy atom. The van der Waals surface area contributed by atoms with Crippen molar-refractivity contribution in [2.45, 2.75) is 6.92 Å². The zero-order valence-electron chi connectivity index (χ0n) is 12.6. The van der Waals surface area contributed by atoms with Gasteiger partial charge in [0.1, 0.15) is 5.58 Å². The number of carboxylic acids is 1. The first-order valence-corrected chi connectivity index (χ1v) is 8.34. The van der Waals surface area contributed by atoms with Crippen molar-refractivity contribution in [1.29, 1.82) is 0 Å². The number of carboxylic acid groups (broad SMARTS) is 1. The van der Waals surface area contributed by atoms with E-state index in [1.54, 1.807) is 12.1 Å². The average Bonchev–Trinajstić information content (AvgIpc) is 2.90. The lowest BCUT2D eigenvalue weighted by Crippen LogP contribution is -2.35. The first-order chi connectivity index (χ1) is 10.7. The summed E-state index contributed by atoms with van der Waals surface area (Å²) in [4.78, 5) is 22.8. The number of sulfonamides is 1. The van der Waals surface area contributed by atoms with E-state index in [0.717, 1.165) is 4.31 Å². The van der Waals surface area contributed by atoms with Crippen LogP contribution in [0.5, 0.6) is 0 Å². The first kappa shape index (κ1) is 17.0. The predicted molar refractivity (Wildman–Crippen MR) is 83.9 cm³/mol. The number of hydrogen-bond donors (Lipinski definition) is 2. The Morgan fingerprint density at radius 1 is 1.30 bits per heavy atom. The van der Waals surface area contributed by atoms with Crippen molar-refractivity contribution in [2.75, 3.05) is 24.7 Å². The van der Waals surface area contributed by atoms with E-state index >= 15 is 0 Å². The van der Waals surface area contributed by atoms with E-state index in [9.17, 15) is 18.0 Å². The third kappa shape index (κ3) is 3.88. The van der Waals surface area contributed by atoms with Gasteiger partial charge >= 0.3 is 5.97 Å². The number of nitrogens with one attached hydrogen (secondary N) is 1. The second kappa shape index (κ2) is 6.39. The van der Waals surface area contributed by atoms with Crippen molar-refractivity contribution in [3.8, 4) is 0 Å². The SMILES string of the molecule is CCS(=O)(=O)N(C)CC(=O)Nc1ccc2oc(C(=O)O)cc2c1. The highest BCUT2D eigenvalue weighted by molar-refractivity contribution is 7.89. The van der Waals surface area contributed by atoms with E-state index in [-0.39, 0.29) is 18.1 Å². The van der Waals surface area contributed by atoms with Crippen molar-refractivity contribution in [1.82, 2.24) is 4.31 Å². The minimum atomic E-state index is -3.43. The Hall–Kier alpha value is -2.39. The van der Waals surface area contributed by atoms with Crippen LogP contribution in [-0.2, 0) is 14.8 Å². The number of anilines is 1. The molecule has 0 spiro atoms. The molecule has 0 radical (unpaired) electrons. The molecular formula is C14H16N2O6S. The van der Waals surface area contributed by atoms with E-state index in [1.165, 1.54) is 26.1 Å². The van der Waals surface area contributed by atoms with Crippen molar-refractivity contribution in [2.24, 2.45) is 0 Å². The average molecular weight is 340 g/mol. The van der Waals surface area contributed by atoms with Crippen molar-refractivity contribution in [3.05, 3.63) is 30.0 Å². The Labute approximate surface area is 132 Å². The minimum Gasteiger partial charge on any atom is -0.475 e. The second-order valence-electron chi connectivity index (χ2n) is 4.87. The maximum atomic E-state index is 11.9. The van der Waals surface area contributed by atoms with Gasteiger partial charge in [-0.15, -0.1) is 0 Å². The number of fused-ring (bicyclic) bond motifs is 1. The highest BCUT2D eigenvalue weighted by atomic mass is 32.2. The van der Waals surface area contributed by atoms with E-state index in [4.69, 9.17) is 9.52 Å². The molecule has 0 bridgehead atoms. The van der Waals surface area contributed by atoms with Crippen LogP contribution >= 0.6 is 0 Å². The van der Waals surface area contributed by atoms with Crippen LogP contribution in [0.3, 0.4) is 0 Å². The maximum absolute atomic E-state index is 11.9. The quantitative estimate of drug-likeness (QED) is 0.820. The lowest BCUT2D eigenvalue weighted by atomic mass is 10.2. The number of rotatable bonds is 6. The zero-order chi connectivity index (χ0) is 17.2. The normalized spacial score (nSPS) is 11.8.